The predicted octanol–water partition coefficient (Wildman–Crippen LogP) is 18.2. The van der Waals surface area contributed by atoms with Crippen molar-refractivity contribution in [3.63, 3.8) is 0 Å². The molecule has 0 aromatic carbocycles. The van der Waals surface area contributed by atoms with Gasteiger partial charge in [-0.3, -0.25) is 18.6 Å². The van der Waals surface area contributed by atoms with Crippen LogP contribution in [0.2, 0.25) is 0 Å². The van der Waals surface area contributed by atoms with E-state index in [2.05, 4.69) is 148 Å². The number of hydrogen-bond acceptors (Lipinski definition) is 8. The lowest BCUT2D eigenvalue weighted by atomic mass is 10.0. The molecule has 0 aromatic heterocycles. The van der Waals surface area contributed by atoms with Crippen LogP contribution >= 0.6 is 7.82 Å². The van der Waals surface area contributed by atoms with Gasteiger partial charge < -0.3 is 20.1 Å². The molecule has 9 nitrogen and oxygen atoms in total. The van der Waals surface area contributed by atoms with Gasteiger partial charge in [0.05, 0.1) is 13.2 Å². The van der Waals surface area contributed by atoms with E-state index < -0.39 is 32.5 Å². The van der Waals surface area contributed by atoms with Crippen molar-refractivity contribution in [2.45, 2.75) is 225 Å². The number of phosphoric acid groups is 1. The molecule has 10 heteroatoms. The highest BCUT2D eigenvalue weighted by molar-refractivity contribution is 7.47. The maximum Gasteiger partial charge on any atom is 0.472 e. The first-order valence-corrected chi connectivity index (χ1v) is 30.2. The fourth-order valence-electron chi connectivity index (χ4n) is 7.37. The van der Waals surface area contributed by atoms with Gasteiger partial charge in [-0.05, 0) is 109 Å². The lowest BCUT2D eigenvalue weighted by Gasteiger charge is -2.19. The number of esters is 2. The summed E-state index contributed by atoms with van der Waals surface area (Å²) in [6.45, 7) is 3.46. The monoisotopic (exact) mass is 1030 g/mol. The topological polar surface area (TPSA) is 134 Å². The van der Waals surface area contributed by atoms with E-state index in [1.165, 1.54) is 70.6 Å². The smallest absolute Gasteiger partial charge is 0.462 e. The van der Waals surface area contributed by atoms with Gasteiger partial charge in [0, 0.05) is 19.4 Å². The van der Waals surface area contributed by atoms with Crippen molar-refractivity contribution in [1.82, 2.24) is 0 Å². The molecule has 0 saturated heterocycles. The minimum absolute atomic E-state index is 0.0436. The van der Waals surface area contributed by atoms with Crippen LogP contribution in [0.4, 0.5) is 0 Å². The molecule has 73 heavy (non-hydrogen) atoms. The summed E-state index contributed by atoms with van der Waals surface area (Å²) in [5.41, 5.74) is 5.37. The second kappa shape index (κ2) is 57.4. The third kappa shape index (κ3) is 57.3. The molecule has 0 aromatic rings. The summed E-state index contributed by atoms with van der Waals surface area (Å²) in [7, 11) is -4.40. The van der Waals surface area contributed by atoms with Gasteiger partial charge in [-0.25, -0.2) is 4.57 Å². The SMILES string of the molecule is CC/C=C\C/C=C\C/C=C\C/C=C\C/C=C\C/C=C\C/C=C\C/C=C\CCCCCCCCCCCCCCCCC(=O)OC(COC(=O)CCCCC/C=C\C/C=C\C/C=C\CC)COP(=O)(O)OCCN. The van der Waals surface area contributed by atoms with Crippen LogP contribution in [-0.2, 0) is 32.7 Å². The zero-order valence-corrected chi connectivity index (χ0v) is 47.0. The molecular formula is C63H104NO8P. The highest BCUT2D eigenvalue weighted by Gasteiger charge is 2.26. The Labute approximate surface area is 446 Å². The maximum atomic E-state index is 12.7. The minimum Gasteiger partial charge on any atom is -0.462 e. The fraction of sp³-hybridized carbons (Fsp3) is 0.619. The summed E-state index contributed by atoms with van der Waals surface area (Å²) in [6.07, 6.45) is 81.0. The Bertz CT molecular complexity index is 1650. The summed E-state index contributed by atoms with van der Waals surface area (Å²) in [5.74, 6) is -0.870. The van der Waals surface area contributed by atoms with Gasteiger partial charge in [0.2, 0.25) is 0 Å². The van der Waals surface area contributed by atoms with Crippen LogP contribution in [0.1, 0.15) is 219 Å². The van der Waals surface area contributed by atoms with Gasteiger partial charge in [0.15, 0.2) is 6.10 Å². The van der Waals surface area contributed by atoms with Crippen molar-refractivity contribution in [1.29, 1.82) is 0 Å². The zero-order chi connectivity index (χ0) is 53.1. The Morgan fingerprint density at radius 3 is 1.07 bits per heavy atom. The predicted molar refractivity (Wildman–Crippen MR) is 311 cm³/mol. The number of carbonyl (C=O) groups excluding carboxylic acids is 2. The van der Waals surface area contributed by atoms with Crippen molar-refractivity contribution < 1.29 is 37.6 Å². The van der Waals surface area contributed by atoms with E-state index in [9.17, 15) is 19.0 Å². The number of allylic oxidation sites excluding steroid dienone is 22. The maximum absolute atomic E-state index is 12.7. The molecule has 0 radical (unpaired) electrons. The van der Waals surface area contributed by atoms with Crippen LogP contribution in [-0.4, -0.2) is 49.3 Å². The van der Waals surface area contributed by atoms with Gasteiger partial charge in [0.25, 0.3) is 0 Å². The lowest BCUT2D eigenvalue weighted by molar-refractivity contribution is -0.161. The third-order valence-corrected chi connectivity index (χ3v) is 12.5. The van der Waals surface area contributed by atoms with Crippen molar-refractivity contribution in [2.24, 2.45) is 5.73 Å². The van der Waals surface area contributed by atoms with Crippen LogP contribution in [0.5, 0.6) is 0 Å². The Kier molecular flexibility index (Phi) is 54.4. The average Bonchev–Trinajstić information content (AvgIpc) is 3.38. The Hall–Kier alpha value is -3.85. The standard InChI is InChI=1S/C63H104NO8P/c1-3-5-7-9-11-13-15-17-18-19-20-21-22-23-24-25-26-27-28-29-30-31-32-33-34-35-36-37-38-39-40-41-42-44-46-48-50-52-54-56-63(66)72-61(60-71-73(67,68)70-58-57-64)59-69-62(65)55-53-51-49-47-45-43-16-14-12-10-8-6-4-2/h5-8,11-14,17-18,20-21,23-24,26-27,29-30,32-33,43,45,61H,3-4,9-10,15-16,19,22,25,28,31,34-42,44,46-60,64H2,1-2H3,(H,67,68)/b7-5-,8-6-,13-11-,14-12-,18-17-,21-20-,24-23-,27-26-,30-29-,33-32-,45-43-. The normalized spacial score (nSPS) is 14.1. The van der Waals surface area contributed by atoms with E-state index in [1.807, 2.05) is 0 Å². The van der Waals surface area contributed by atoms with Crippen LogP contribution in [0.15, 0.2) is 134 Å². The molecule has 0 aliphatic rings. The van der Waals surface area contributed by atoms with Crippen molar-refractivity contribution in [2.75, 3.05) is 26.4 Å². The Morgan fingerprint density at radius 1 is 0.411 bits per heavy atom. The van der Waals surface area contributed by atoms with Crippen molar-refractivity contribution in [3.8, 4) is 0 Å². The average molecular weight is 1030 g/mol. The number of unbranched alkanes of at least 4 members (excludes halogenated alkanes) is 17. The first-order chi connectivity index (χ1) is 35.8. The van der Waals surface area contributed by atoms with Crippen molar-refractivity contribution in [3.05, 3.63) is 134 Å². The van der Waals surface area contributed by atoms with Crippen LogP contribution in [0, 0.1) is 0 Å². The summed E-state index contributed by atoms with van der Waals surface area (Å²) in [4.78, 5) is 35.0. The van der Waals surface area contributed by atoms with E-state index in [1.54, 1.807) is 0 Å². The summed E-state index contributed by atoms with van der Waals surface area (Å²) in [5, 5.41) is 0. The minimum atomic E-state index is -4.40. The second-order valence-electron chi connectivity index (χ2n) is 18.4. The molecule has 0 bridgehead atoms. The Balaban J connectivity index is 3.91. The molecule has 0 heterocycles. The molecule has 0 fully saturated rings. The van der Waals surface area contributed by atoms with E-state index in [4.69, 9.17) is 24.3 Å². The third-order valence-electron chi connectivity index (χ3n) is 11.5. The summed E-state index contributed by atoms with van der Waals surface area (Å²) in [6, 6.07) is 0. The quantitative estimate of drug-likeness (QED) is 0.0264. The Morgan fingerprint density at radius 2 is 0.712 bits per heavy atom. The van der Waals surface area contributed by atoms with Gasteiger partial charge in [-0.15, -0.1) is 0 Å². The first-order valence-electron chi connectivity index (χ1n) is 28.7. The van der Waals surface area contributed by atoms with E-state index in [0.717, 1.165) is 109 Å². The molecule has 2 atom stereocenters. The number of carbonyl (C=O) groups is 2. The number of rotatable bonds is 52. The highest BCUT2D eigenvalue weighted by Crippen LogP contribution is 2.43. The van der Waals surface area contributed by atoms with Gasteiger partial charge >= 0.3 is 19.8 Å². The second-order valence-corrected chi connectivity index (χ2v) is 19.8. The summed E-state index contributed by atoms with van der Waals surface area (Å²) >= 11 is 0. The molecule has 0 amide bonds. The molecule has 0 spiro atoms. The molecule has 0 rings (SSSR count). The van der Waals surface area contributed by atoms with Gasteiger partial charge in [-0.1, -0.05) is 231 Å². The van der Waals surface area contributed by atoms with Crippen LogP contribution in [0.25, 0.3) is 0 Å². The largest absolute Gasteiger partial charge is 0.472 e. The number of ether oxygens (including phenoxy) is 2. The molecular weight excluding hydrogens is 930 g/mol. The summed E-state index contributed by atoms with van der Waals surface area (Å²) < 4.78 is 32.9. The van der Waals surface area contributed by atoms with Gasteiger partial charge in [-0.2, -0.15) is 0 Å². The molecule has 0 aliphatic heterocycles. The highest BCUT2D eigenvalue weighted by atomic mass is 31.2. The fourth-order valence-corrected chi connectivity index (χ4v) is 8.14. The van der Waals surface area contributed by atoms with E-state index >= 15 is 0 Å². The van der Waals surface area contributed by atoms with Crippen molar-refractivity contribution >= 4 is 19.8 Å². The lowest BCUT2D eigenvalue weighted by Crippen LogP contribution is -2.29. The first kappa shape index (κ1) is 69.2. The molecule has 0 aliphatic carbocycles. The molecule has 3 N–H and O–H groups in total. The van der Waals surface area contributed by atoms with E-state index in [0.29, 0.717) is 12.8 Å². The number of phosphoric ester groups is 1. The zero-order valence-electron chi connectivity index (χ0n) is 46.1. The van der Waals surface area contributed by atoms with E-state index in [-0.39, 0.29) is 32.6 Å². The van der Waals surface area contributed by atoms with Gasteiger partial charge in [0.1, 0.15) is 6.61 Å². The molecule has 0 saturated carbocycles. The molecule has 414 valence electrons. The van der Waals surface area contributed by atoms with Crippen LogP contribution < -0.4 is 5.73 Å². The number of nitrogens with two attached hydrogens (primary N) is 1. The molecule has 2 unspecified atom stereocenters. The van der Waals surface area contributed by atoms with Crippen LogP contribution in [0.3, 0.4) is 0 Å². The number of hydrogen-bond donors (Lipinski definition) is 2.